The fourth-order valence-corrected chi connectivity index (χ4v) is 7.84. The first-order chi connectivity index (χ1) is 23.4. The number of likely N-dealkylation sites (N-methyl/N-ethyl adjacent to an activating group) is 1. The van der Waals surface area contributed by atoms with Gasteiger partial charge in [-0.1, -0.05) is 142 Å². The molecule has 2 atom stereocenters. The number of aliphatic hydroxyl groups excluding tert-OH is 2. The zero-order valence-corrected chi connectivity index (χ0v) is 34.6. The monoisotopic (exact) mass is 720 g/mol. The predicted molar refractivity (Wildman–Crippen MR) is 213 cm³/mol. The number of quaternary nitrogens is 1. The molecule has 3 N–H and O–H groups in total. The highest BCUT2D eigenvalue weighted by Gasteiger charge is 2.20. The van der Waals surface area contributed by atoms with Crippen LogP contribution in [0.4, 0.5) is 0 Å². The minimum Gasteiger partial charge on any atom is -0.392 e. The smallest absolute Gasteiger partial charge is 0.211 e. The molecule has 0 fully saturated rings. The van der Waals surface area contributed by atoms with Crippen molar-refractivity contribution in [3.63, 3.8) is 0 Å². The molecule has 8 nitrogen and oxygen atoms in total. The maximum absolute atomic E-state index is 12.4. The van der Waals surface area contributed by atoms with E-state index in [-0.39, 0.29) is 18.0 Å². The van der Waals surface area contributed by atoms with Gasteiger partial charge in [-0.05, 0) is 26.9 Å². The second kappa shape index (κ2) is 32.4. The van der Waals surface area contributed by atoms with Crippen molar-refractivity contribution in [1.29, 1.82) is 0 Å². The van der Waals surface area contributed by atoms with Gasteiger partial charge in [-0.15, -0.1) is 0 Å². The number of nitrogens with one attached hydrogen (secondary N) is 1. The average Bonchev–Trinajstić information content (AvgIpc) is 3.02. The Hall–Kier alpha value is -0.290. The lowest BCUT2D eigenvalue weighted by atomic mass is 10.0. The van der Waals surface area contributed by atoms with Gasteiger partial charge < -0.3 is 19.6 Å². The molecule has 0 amide bonds. The topological polar surface area (TPSA) is 93.1 Å². The van der Waals surface area contributed by atoms with Crippen LogP contribution >= 0.6 is 0 Å². The molecule has 49 heavy (non-hydrogen) atoms. The maximum Gasteiger partial charge on any atom is 0.211 e. The Bertz CT molecular complexity index is 780. The van der Waals surface area contributed by atoms with Crippen LogP contribution in [0.25, 0.3) is 0 Å². The van der Waals surface area contributed by atoms with Crippen molar-refractivity contribution in [3.05, 3.63) is 0 Å². The standard InChI is InChI=1S/C40H87N4O4S/c1-7-9-11-13-15-17-19-21-23-25-29-39(45)37-43(38-40(46)30-26-24-22-20-18-16-14-12-10-8-2)32-27-34-44(5,6)35-28-36-49(47,48)41-31-33-42(3)4/h39-41,45-46H,7-38H2,1-6H3/q+1. The quantitative estimate of drug-likeness (QED) is 0.0443. The van der Waals surface area contributed by atoms with Crippen LogP contribution in [0.2, 0.25) is 0 Å². The third kappa shape index (κ3) is 34.6. The summed E-state index contributed by atoms with van der Waals surface area (Å²) in [6.45, 7) is 9.50. The van der Waals surface area contributed by atoms with Gasteiger partial charge in [-0.25, -0.2) is 13.1 Å². The van der Waals surface area contributed by atoms with Crippen molar-refractivity contribution >= 4 is 10.0 Å². The summed E-state index contributed by atoms with van der Waals surface area (Å²) < 4.78 is 28.2. The van der Waals surface area contributed by atoms with Crippen LogP contribution in [0.5, 0.6) is 0 Å². The van der Waals surface area contributed by atoms with E-state index in [2.05, 4.69) is 37.6 Å². The van der Waals surface area contributed by atoms with E-state index in [1.165, 1.54) is 116 Å². The molecule has 2 unspecified atom stereocenters. The molecular formula is C40H87N4O4S+. The normalized spacial score (nSPS) is 13.9. The lowest BCUT2D eigenvalue weighted by Crippen LogP contribution is -2.45. The van der Waals surface area contributed by atoms with E-state index in [1.54, 1.807) is 0 Å². The van der Waals surface area contributed by atoms with Gasteiger partial charge in [-0.2, -0.15) is 0 Å². The molecule has 0 aromatic rings. The van der Waals surface area contributed by atoms with Crippen molar-refractivity contribution < 1.29 is 23.1 Å². The van der Waals surface area contributed by atoms with Crippen LogP contribution in [0.3, 0.4) is 0 Å². The first-order valence-electron chi connectivity index (χ1n) is 20.9. The van der Waals surface area contributed by atoms with Gasteiger partial charge in [0.1, 0.15) is 0 Å². The summed E-state index contributed by atoms with van der Waals surface area (Å²) >= 11 is 0. The van der Waals surface area contributed by atoms with Crippen LogP contribution in [0.1, 0.15) is 168 Å². The summed E-state index contributed by atoms with van der Waals surface area (Å²) in [7, 11) is 4.98. The van der Waals surface area contributed by atoms with E-state index in [0.29, 0.717) is 32.6 Å². The SMILES string of the molecule is CCCCCCCCCCCCC(O)CN(CCC[N+](C)(C)CCCS(=O)(=O)NCCN(C)C)CC(O)CCCCCCCCCCCC. The second-order valence-electron chi connectivity index (χ2n) is 16.1. The number of hydrogen-bond donors (Lipinski definition) is 3. The number of sulfonamides is 1. The van der Waals surface area contributed by atoms with Crippen LogP contribution in [-0.4, -0.2) is 125 Å². The van der Waals surface area contributed by atoms with E-state index in [1.807, 2.05) is 19.0 Å². The highest BCUT2D eigenvalue weighted by molar-refractivity contribution is 7.89. The highest BCUT2D eigenvalue weighted by atomic mass is 32.2. The Morgan fingerprint density at radius 1 is 0.571 bits per heavy atom. The highest BCUT2D eigenvalue weighted by Crippen LogP contribution is 2.15. The minimum atomic E-state index is -3.25. The maximum atomic E-state index is 12.4. The molecule has 0 aromatic heterocycles. The lowest BCUT2D eigenvalue weighted by molar-refractivity contribution is -0.890. The molecular weight excluding hydrogens is 633 g/mol. The molecule has 0 bridgehead atoms. The Morgan fingerprint density at radius 2 is 0.959 bits per heavy atom. The molecule has 0 saturated heterocycles. The Balaban J connectivity index is 4.63. The predicted octanol–water partition coefficient (Wildman–Crippen LogP) is 7.97. The van der Waals surface area contributed by atoms with E-state index in [9.17, 15) is 18.6 Å². The zero-order valence-electron chi connectivity index (χ0n) is 33.7. The number of rotatable bonds is 38. The van der Waals surface area contributed by atoms with Crippen LogP contribution in [0.15, 0.2) is 0 Å². The number of unbranched alkanes of at least 4 members (excludes halogenated alkanes) is 18. The molecule has 0 spiro atoms. The first kappa shape index (κ1) is 48.7. The Morgan fingerprint density at radius 3 is 1.37 bits per heavy atom. The summed E-state index contributed by atoms with van der Waals surface area (Å²) in [5, 5.41) is 21.9. The molecule has 0 heterocycles. The molecule has 0 aliphatic rings. The third-order valence-corrected chi connectivity index (χ3v) is 11.5. The summed E-state index contributed by atoms with van der Waals surface area (Å²) in [6, 6.07) is 0. The summed E-state index contributed by atoms with van der Waals surface area (Å²) in [5.74, 6) is 0.157. The zero-order chi connectivity index (χ0) is 36.6. The van der Waals surface area contributed by atoms with E-state index in [4.69, 9.17) is 0 Å². The van der Waals surface area contributed by atoms with Crippen LogP contribution < -0.4 is 4.72 Å². The summed E-state index contributed by atoms with van der Waals surface area (Å²) in [6.07, 6.45) is 28.5. The summed E-state index contributed by atoms with van der Waals surface area (Å²) in [4.78, 5) is 4.26. The van der Waals surface area contributed by atoms with Crippen molar-refractivity contribution in [2.24, 2.45) is 0 Å². The van der Waals surface area contributed by atoms with Crippen molar-refractivity contribution in [1.82, 2.24) is 14.5 Å². The first-order valence-corrected chi connectivity index (χ1v) is 22.6. The fourth-order valence-electron chi connectivity index (χ4n) is 6.78. The van der Waals surface area contributed by atoms with Gasteiger partial charge in [0.2, 0.25) is 10.0 Å². The molecule has 9 heteroatoms. The van der Waals surface area contributed by atoms with Gasteiger partial charge in [0, 0.05) is 45.6 Å². The van der Waals surface area contributed by atoms with Crippen LogP contribution in [0, 0.1) is 0 Å². The molecule has 0 aliphatic heterocycles. The van der Waals surface area contributed by atoms with Crippen LogP contribution in [-0.2, 0) is 10.0 Å². The Kier molecular flexibility index (Phi) is 32.2. The van der Waals surface area contributed by atoms with Crippen molar-refractivity contribution in [3.8, 4) is 0 Å². The molecule has 0 aromatic carbocycles. The average molecular weight is 720 g/mol. The number of aliphatic hydroxyl groups is 2. The lowest BCUT2D eigenvalue weighted by Gasteiger charge is -2.32. The number of nitrogens with zero attached hydrogens (tertiary/aromatic N) is 3. The molecule has 0 aliphatic carbocycles. The Labute approximate surface area is 306 Å². The third-order valence-electron chi connectivity index (χ3n) is 10.0. The second-order valence-corrected chi connectivity index (χ2v) is 18.0. The largest absolute Gasteiger partial charge is 0.392 e. The van der Waals surface area contributed by atoms with Gasteiger partial charge in [0.15, 0.2) is 0 Å². The van der Waals surface area contributed by atoms with E-state index < -0.39 is 10.0 Å². The molecule has 0 rings (SSSR count). The molecule has 0 saturated carbocycles. The van der Waals surface area contributed by atoms with Gasteiger partial charge in [0.05, 0.1) is 45.1 Å². The van der Waals surface area contributed by atoms with Gasteiger partial charge in [0.25, 0.3) is 0 Å². The van der Waals surface area contributed by atoms with Crippen molar-refractivity contribution in [2.45, 2.75) is 180 Å². The molecule has 0 radical (unpaired) electrons. The van der Waals surface area contributed by atoms with E-state index in [0.717, 1.165) is 56.2 Å². The summed E-state index contributed by atoms with van der Waals surface area (Å²) in [5.41, 5.74) is 0. The van der Waals surface area contributed by atoms with E-state index >= 15 is 0 Å². The van der Waals surface area contributed by atoms with Gasteiger partial charge >= 0.3 is 0 Å². The minimum absolute atomic E-state index is 0.157. The van der Waals surface area contributed by atoms with Crippen molar-refractivity contribution in [2.75, 3.05) is 79.8 Å². The molecule has 296 valence electrons. The number of hydrogen-bond acceptors (Lipinski definition) is 6. The van der Waals surface area contributed by atoms with Gasteiger partial charge in [-0.3, -0.25) is 4.90 Å². The fraction of sp³-hybridized carbons (Fsp3) is 1.00.